The topological polar surface area (TPSA) is 64.4 Å². The number of hydrogen-bond acceptors (Lipinski definition) is 3. The number of carbonyl (C=O) groups excluding carboxylic acids is 1. The molecule has 0 saturated heterocycles. The quantitative estimate of drug-likeness (QED) is 0.685. The first kappa shape index (κ1) is 20.4. The van der Waals surface area contributed by atoms with Gasteiger partial charge in [0.05, 0.1) is 0 Å². The fourth-order valence-electron chi connectivity index (χ4n) is 3.98. The molecule has 2 aromatic rings. The largest absolute Gasteiger partial charge is 0.492 e. The highest BCUT2D eigenvalue weighted by molar-refractivity contribution is 5.96. The molecule has 28 heavy (non-hydrogen) atoms. The van der Waals surface area contributed by atoms with Gasteiger partial charge >= 0.3 is 0 Å². The van der Waals surface area contributed by atoms with Gasteiger partial charge in [0.2, 0.25) is 5.91 Å². The van der Waals surface area contributed by atoms with Crippen molar-refractivity contribution in [2.45, 2.75) is 52.5 Å². The standard InChI is InChI=1S/C24H32N2O2/c1-17-21(5-4-6-22(17)23(25)27)18-7-9-20(10-8-18)28-16-15-26-19-11-13-24(2,3)14-12-19/h4-10,19,26H,11-16H2,1-3H3,(H2,25,27). The van der Waals surface area contributed by atoms with Gasteiger partial charge in [-0.2, -0.15) is 0 Å². The Morgan fingerprint density at radius 2 is 1.82 bits per heavy atom. The van der Waals surface area contributed by atoms with E-state index in [2.05, 4.69) is 19.2 Å². The zero-order valence-corrected chi connectivity index (χ0v) is 17.3. The Labute approximate surface area is 168 Å². The van der Waals surface area contributed by atoms with E-state index in [9.17, 15) is 4.79 Å². The van der Waals surface area contributed by atoms with Crippen molar-refractivity contribution in [3.63, 3.8) is 0 Å². The van der Waals surface area contributed by atoms with Crippen LogP contribution in [0, 0.1) is 12.3 Å². The van der Waals surface area contributed by atoms with Gasteiger partial charge in [-0.15, -0.1) is 0 Å². The molecule has 1 amide bonds. The van der Waals surface area contributed by atoms with Crippen molar-refractivity contribution in [2.75, 3.05) is 13.2 Å². The maximum Gasteiger partial charge on any atom is 0.248 e. The van der Waals surface area contributed by atoms with Crippen LogP contribution in [0.3, 0.4) is 0 Å². The Balaban J connectivity index is 1.50. The van der Waals surface area contributed by atoms with Crippen LogP contribution in [-0.2, 0) is 0 Å². The van der Waals surface area contributed by atoms with Crippen LogP contribution in [0.1, 0.15) is 55.5 Å². The highest BCUT2D eigenvalue weighted by atomic mass is 16.5. The molecule has 0 heterocycles. The number of nitrogens with one attached hydrogen (secondary N) is 1. The Morgan fingerprint density at radius 3 is 2.46 bits per heavy atom. The van der Waals surface area contributed by atoms with E-state index >= 15 is 0 Å². The summed E-state index contributed by atoms with van der Waals surface area (Å²) in [6.45, 7) is 8.18. The number of ether oxygens (including phenoxy) is 1. The van der Waals surface area contributed by atoms with E-state index in [1.54, 1.807) is 6.07 Å². The number of nitrogens with two attached hydrogens (primary N) is 1. The minimum absolute atomic E-state index is 0.395. The molecule has 3 rings (SSSR count). The van der Waals surface area contributed by atoms with Crippen LogP contribution in [-0.4, -0.2) is 25.1 Å². The Morgan fingerprint density at radius 1 is 1.14 bits per heavy atom. The van der Waals surface area contributed by atoms with Gasteiger partial charge < -0.3 is 15.8 Å². The molecule has 1 fully saturated rings. The number of rotatable bonds is 7. The van der Waals surface area contributed by atoms with Crippen molar-refractivity contribution in [1.82, 2.24) is 5.32 Å². The van der Waals surface area contributed by atoms with Gasteiger partial charge in [-0.25, -0.2) is 0 Å². The third-order valence-corrected chi connectivity index (χ3v) is 5.91. The second-order valence-electron chi connectivity index (χ2n) is 8.61. The Hall–Kier alpha value is -2.33. The van der Waals surface area contributed by atoms with Gasteiger partial charge in [0.1, 0.15) is 12.4 Å². The third kappa shape index (κ3) is 5.14. The van der Waals surface area contributed by atoms with E-state index in [0.717, 1.165) is 29.0 Å². The van der Waals surface area contributed by atoms with Crippen LogP contribution in [0.15, 0.2) is 42.5 Å². The highest BCUT2D eigenvalue weighted by Gasteiger charge is 2.26. The minimum atomic E-state index is -0.395. The molecule has 2 aromatic carbocycles. The van der Waals surface area contributed by atoms with Gasteiger partial charge in [-0.3, -0.25) is 4.79 Å². The maximum atomic E-state index is 11.5. The van der Waals surface area contributed by atoms with Crippen molar-refractivity contribution >= 4 is 5.91 Å². The van der Waals surface area contributed by atoms with Gasteiger partial charge in [0, 0.05) is 18.2 Å². The van der Waals surface area contributed by atoms with E-state index in [-0.39, 0.29) is 0 Å². The molecule has 1 saturated carbocycles. The first-order valence-corrected chi connectivity index (χ1v) is 10.2. The normalized spacial score (nSPS) is 16.7. The molecule has 0 spiro atoms. The monoisotopic (exact) mass is 380 g/mol. The van der Waals surface area contributed by atoms with E-state index in [4.69, 9.17) is 10.5 Å². The zero-order valence-electron chi connectivity index (χ0n) is 17.3. The lowest BCUT2D eigenvalue weighted by Gasteiger charge is -2.34. The molecule has 1 aliphatic rings. The average Bonchev–Trinajstić information content (AvgIpc) is 2.67. The van der Waals surface area contributed by atoms with E-state index in [1.807, 2.05) is 43.3 Å². The van der Waals surface area contributed by atoms with Crippen molar-refractivity contribution in [1.29, 1.82) is 0 Å². The van der Waals surface area contributed by atoms with Gasteiger partial charge in [0.25, 0.3) is 0 Å². The van der Waals surface area contributed by atoms with Crippen LogP contribution >= 0.6 is 0 Å². The molecule has 150 valence electrons. The lowest BCUT2D eigenvalue weighted by Crippen LogP contribution is -2.37. The molecule has 1 aliphatic carbocycles. The predicted molar refractivity (Wildman–Crippen MR) is 115 cm³/mol. The third-order valence-electron chi connectivity index (χ3n) is 5.91. The van der Waals surface area contributed by atoms with Gasteiger partial charge in [-0.1, -0.05) is 38.1 Å². The van der Waals surface area contributed by atoms with Crippen LogP contribution in [0.2, 0.25) is 0 Å². The summed E-state index contributed by atoms with van der Waals surface area (Å²) in [7, 11) is 0. The SMILES string of the molecule is Cc1c(C(N)=O)cccc1-c1ccc(OCCNC2CCC(C)(C)CC2)cc1. The summed E-state index contributed by atoms with van der Waals surface area (Å²) >= 11 is 0. The summed E-state index contributed by atoms with van der Waals surface area (Å²) in [5.74, 6) is 0.465. The number of primary amides is 1. The fourth-order valence-corrected chi connectivity index (χ4v) is 3.98. The van der Waals surface area contributed by atoms with Crippen LogP contribution in [0.5, 0.6) is 5.75 Å². The average molecular weight is 381 g/mol. The molecular weight excluding hydrogens is 348 g/mol. The molecular formula is C24H32N2O2. The molecule has 4 heteroatoms. The van der Waals surface area contributed by atoms with Gasteiger partial charge in [0.15, 0.2) is 0 Å². The van der Waals surface area contributed by atoms with Crippen LogP contribution in [0.25, 0.3) is 11.1 Å². The maximum absolute atomic E-state index is 11.5. The van der Waals surface area contributed by atoms with Crippen LogP contribution < -0.4 is 15.8 Å². The summed E-state index contributed by atoms with van der Waals surface area (Å²) in [4.78, 5) is 11.5. The summed E-state index contributed by atoms with van der Waals surface area (Å²) < 4.78 is 5.88. The molecule has 0 aromatic heterocycles. The van der Waals surface area contributed by atoms with E-state index < -0.39 is 5.91 Å². The first-order chi connectivity index (χ1) is 13.4. The lowest BCUT2D eigenvalue weighted by atomic mass is 9.75. The molecule has 4 nitrogen and oxygen atoms in total. The summed E-state index contributed by atoms with van der Waals surface area (Å²) in [5, 5.41) is 3.62. The predicted octanol–water partition coefficient (Wildman–Crippen LogP) is 4.70. The number of benzene rings is 2. The molecule has 0 atom stereocenters. The number of amides is 1. The number of hydrogen-bond donors (Lipinski definition) is 2. The van der Waals surface area contributed by atoms with Crippen molar-refractivity contribution in [3.05, 3.63) is 53.6 Å². The molecule has 0 radical (unpaired) electrons. The van der Waals surface area contributed by atoms with Crippen LogP contribution in [0.4, 0.5) is 0 Å². The molecule has 0 aliphatic heterocycles. The highest BCUT2D eigenvalue weighted by Crippen LogP contribution is 2.35. The second kappa shape index (κ2) is 8.78. The molecule has 0 bridgehead atoms. The Bertz CT molecular complexity index is 802. The van der Waals surface area contributed by atoms with Crippen molar-refractivity contribution < 1.29 is 9.53 Å². The minimum Gasteiger partial charge on any atom is -0.492 e. The molecule has 0 unspecified atom stereocenters. The first-order valence-electron chi connectivity index (χ1n) is 10.2. The summed E-state index contributed by atoms with van der Waals surface area (Å²) in [6, 6.07) is 14.3. The Kier molecular flexibility index (Phi) is 6.40. The number of carbonyl (C=O) groups is 1. The summed E-state index contributed by atoms with van der Waals surface area (Å²) in [5.41, 5.74) is 9.50. The lowest BCUT2D eigenvalue weighted by molar-refractivity contribution is 0.0999. The molecule has 3 N–H and O–H groups in total. The smallest absolute Gasteiger partial charge is 0.248 e. The van der Waals surface area contributed by atoms with Gasteiger partial charge in [-0.05, 0) is 72.9 Å². The van der Waals surface area contributed by atoms with Crippen molar-refractivity contribution in [3.8, 4) is 16.9 Å². The van der Waals surface area contributed by atoms with E-state index in [1.165, 1.54) is 25.7 Å². The van der Waals surface area contributed by atoms with E-state index in [0.29, 0.717) is 23.6 Å². The zero-order chi connectivity index (χ0) is 20.1. The summed E-state index contributed by atoms with van der Waals surface area (Å²) in [6.07, 6.45) is 5.10. The van der Waals surface area contributed by atoms with Crippen molar-refractivity contribution in [2.24, 2.45) is 11.1 Å². The fraction of sp³-hybridized carbons (Fsp3) is 0.458. The second-order valence-corrected chi connectivity index (χ2v) is 8.61.